The van der Waals surface area contributed by atoms with E-state index in [2.05, 4.69) is 10.3 Å². The van der Waals surface area contributed by atoms with Gasteiger partial charge < -0.3 is 20.4 Å². The summed E-state index contributed by atoms with van der Waals surface area (Å²) in [6, 6.07) is 6.94. The molecule has 2 aromatic rings. The molecular weight excluding hydrogens is 405 g/mol. The Morgan fingerprint density at radius 2 is 2.00 bits per heavy atom. The van der Waals surface area contributed by atoms with Gasteiger partial charge >= 0.3 is 5.97 Å². The van der Waals surface area contributed by atoms with Crippen LogP contribution in [0.5, 0.6) is 0 Å². The number of amides is 2. The van der Waals surface area contributed by atoms with Crippen LogP contribution in [0.4, 0.5) is 10.1 Å². The zero-order valence-corrected chi connectivity index (χ0v) is 16.6. The van der Waals surface area contributed by atoms with Crippen molar-refractivity contribution >= 4 is 29.0 Å². The zero-order valence-electron chi connectivity index (χ0n) is 16.6. The molecule has 3 heterocycles. The number of carboxylic acids is 1. The molecule has 0 spiro atoms. The number of carbonyl (C=O) groups is 3. The van der Waals surface area contributed by atoms with Crippen molar-refractivity contribution in [1.82, 2.24) is 9.88 Å². The lowest BCUT2D eigenvalue weighted by atomic mass is 9.82. The largest absolute Gasteiger partial charge is 0.477 e. The summed E-state index contributed by atoms with van der Waals surface area (Å²) in [7, 11) is 0. The Labute approximate surface area is 177 Å². The Morgan fingerprint density at radius 1 is 1.29 bits per heavy atom. The molecule has 0 aliphatic carbocycles. The average Bonchev–Trinajstić information content (AvgIpc) is 3.05. The van der Waals surface area contributed by atoms with Gasteiger partial charge in [0, 0.05) is 18.1 Å². The quantitative estimate of drug-likeness (QED) is 0.607. The van der Waals surface area contributed by atoms with Crippen molar-refractivity contribution in [2.24, 2.45) is 5.92 Å². The highest BCUT2D eigenvalue weighted by Crippen LogP contribution is 2.47. The molecule has 0 unspecified atom stereocenters. The molecule has 8 nitrogen and oxygen atoms in total. The molecule has 0 radical (unpaired) electrons. The summed E-state index contributed by atoms with van der Waals surface area (Å²) in [6.07, 6.45) is 2.16. The van der Waals surface area contributed by atoms with Gasteiger partial charge in [-0.25, -0.2) is 9.18 Å². The van der Waals surface area contributed by atoms with Gasteiger partial charge in [-0.2, -0.15) is 0 Å². The second kappa shape index (κ2) is 7.92. The Hall–Kier alpha value is -3.59. The second-order valence-electron chi connectivity index (χ2n) is 7.65. The first kappa shape index (κ1) is 20.7. The highest BCUT2D eigenvalue weighted by atomic mass is 19.1. The molecule has 1 aromatic carbocycles. The normalized spacial score (nSPS) is 20.9. The van der Waals surface area contributed by atoms with Gasteiger partial charge in [0.2, 0.25) is 11.8 Å². The fourth-order valence-electron chi connectivity index (χ4n) is 4.22. The number of fused-ring (bicyclic) bond motifs is 1. The number of aromatic nitrogens is 1. The Balaban J connectivity index is 1.56. The maximum atomic E-state index is 14.7. The van der Waals surface area contributed by atoms with E-state index in [1.807, 2.05) is 0 Å². The van der Waals surface area contributed by atoms with Gasteiger partial charge in [-0.05, 0) is 48.2 Å². The highest BCUT2D eigenvalue weighted by molar-refractivity contribution is 6.06. The summed E-state index contributed by atoms with van der Waals surface area (Å²) in [4.78, 5) is 41.3. The van der Waals surface area contributed by atoms with Crippen molar-refractivity contribution in [3.63, 3.8) is 0 Å². The SMILES string of the molecule is C[C@@H](O)[C@H]1C(=O)N2C(C(=O)O)=C(c3ccc(CC(=O)Nc4ccncc4)c(F)c3)C[C@H]12. The van der Waals surface area contributed by atoms with E-state index in [1.165, 1.54) is 36.4 Å². The van der Waals surface area contributed by atoms with Crippen molar-refractivity contribution < 1.29 is 29.0 Å². The summed E-state index contributed by atoms with van der Waals surface area (Å²) >= 11 is 0. The van der Waals surface area contributed by atoms with Gasteiger partial charge in [-0.1, -0.05) is 12.1 Å². The lowest BCUT2D eigenvalue weighted by molar-refractivity contribution is -0.161. The van der Waals surface area contributed by atoms with Crippen molar-refractivity contribution in [3.8, 4) is 0 Å². The van der Waals surface area contributed by atoms with Crippen LogP contribution in [0.25, 0.3) is 5.57 Å². The number of carboxylic acid groups (broad SMARTS) is 1. The molecule has 31 heavy (non-hydrogen) atoms. The summed E-state index contributed by atoms with van der Waals surface area (Å²) in [5, 5.41) is 22.1. The summed E-state index contributed by atoms with van der Waals surface area (Å²) in [6.45, 7) is 1.49. The topological polar surface area (TPSA) is 120 Å². The number of hydrogen-bond acceptors (Lipinski definition) is 5. The minimum Gasteiger partial charge on any atom is -0.477 e. The number of aliphatic carboxylic acids is 1. The Kier molecular flexibility index (Phi) is 5.28. The molecule has 0 saturated carbocycles. The lowest BCUT2D eigenvalue weighted by Gasteiger charge is -2.44. The minimum atomic E-state index is -1.28. The standard InChI is InChI=1S/C22H20FN3O5/c1-11(27)19-17-10-15(20(22(30)31)26(17)21(19)29)12-2-3-13(16(23)8-12)9-18(28)25-14-4-6-24-7-5-14/h2-8,11,17,19,27H,9-10H2,1H3,(H,30,31)(H,24,25,28)/t11-,17-,19-/m1/s1. The molecule has 160 valence electrons. The molecule has 0 bridgehead atoms. The van der Waals surface area contributed by atoms with Crippen molar-refractivity contribution in [3.05, 3.63) is 65.4 Å². The van der Waals surface area contributed by atoms with Crippen LogP contribution in [0.1, 0.15) is 24.5 Å². The Morgan fingerprint density at radius 3 is 2.61 bits per heavy atom. The highest BCUT2D eigenvalue weighted by Gasteiger charge is 2.56. The molecule has 2 aliphatic heterocycles. The number of anilines is 1. The molecule has 1 fully saturated rings. The summed E-state index contributed by atoms with van der Waals surface area (Å²) < 4.78 is 14.7. The monoisotopic (exact) mass is 425 g/mol. The molecule has 2 aliphatic rings. The van der Waals surface area contributed by atoms with Gasteiger partial charge in [-0.15, -0.1) is 0 Å². The second-order valence-corrected chi connectivity index (χ2v) is 7.65. The number of aliphatic hydroxyl groups is 1. The van der Waals surface area contributed by atoms with E-state index >= 15 is 0 Å². The van der Waals surface area contributed by atoms with E-state index in [9.17, 15) is 29.0 Å². The number of nitrogens with zero attached hydrogens (tertiary/aromatic N) is 2. The van der Waals surface area contributed by atoms with Crippen LogP contribution < -0.4 is 5.32 Å². The van der Waals surface area contributed by atoms with E-state index in [1.54, 1.807) is 18.2 Å². The number of benzene rings is 1. The number of aliphatic hydroxyl groups excluding tert-OH is 1. The van der Waals surface area contributed by atoms with Gasteiger partial charge in [0.05, 0.1) is 24.5 Å². The van der Waals surface area contributed by atoms with Crippen LogP contribution in [0, 0.1) is 11.7 Å². The number of halogens is 1. The molecule has 1 saturated heterocycles. The van der Waals surface area contributed by atoms with Crippen molar-refractivity contribution in [2.75, 3.05) is 5.32 Å². The van der Waals surface area contributed by atoms with Crippen molar-refractivity contribution in [2.45, 2.75) is 31.9 Å². The minimum absolute atomic E-state index is 0.159. The summed E-state index contributed by atoms with van der Waals surface area (Å²) in [5.74, 6) is -3.45. The fourth-order valence-corrected chi connectivity index (χ4v) is 4.22. The number of β-lactam (4-membered cyclic amide) rings is 1. The van der Waals surface area contributed by atoms with Crippen LogP contribution in [-0.4, -0.2) is 50.0 Å². The molecule has 9 heteroatoms. The van der Waals surface area contributed by atoms with Gasteiger partial charge in [0.1, 0.15) is 11.5 Å². The lowest BCUT2D eigenvalue weighted by Crippen LogP contribution is -2.61. The van der Waals surface area contributed by atoms with E-state index in [0.29, 0.717) is 16.8 Å². The Bertz CT molecular complexity index is 1100. The number of rotatable bonds is 6. The number of carbonyl (C=O) groups excluding carboxylic acids is 2. The first-order valence-corrected chi connectivity index (χ1v) is 9.74. The fraction of sp³-hybridized carbons (Fsp3) is 0.273. The van der Waals surface area contributed by atoms with Crippen LogP contribution in [-0.2, 0) is 20.8 Å². The molecular formula is C22H20FN3O5. The molecule has 4 rings (SSSR count). The molecule has 2 amide bonds. The number of nitrogens with one attached hydrogen (secondary N) is 1. The van der Waals surface area contributed by atoms with Gasteiger partial charge in [0.15, 0.2) is 0 Å². The predicted octanol–water partition coefficient (Wildman–Crippen LogP) is 1.81. The van der Waals surface area contributed by atoms with E-state index in [-0.39, 0.29) is 24.1 Å². The van der Waals surface area contributed by atoms with E-state index < -0.39 is 41.7 Å². The van der Waals surface area contributed by atoms with Crippen LogP contribution >= 0.6 is 0 Å². The zero-order chi connectivity index (χ0) is 22.3. The molecule has 3 atom stereocenters. The van der Waals surface area contributed by atoms with E-state index in [0.717, 1.165) is 0 Å². The first-order valence-electron chi connectivity index (χ1n) is 9.74. The van der Waals surface area contributed by atoms with Crippen LogP contribution in [0.2, 0.25) is 0 Å². The van der Waals surface area contributed by atoms with Crippen LogP contribution in [0.15, 0.2) is 48.4 Å². The third-order valence-corrected chi connectivity index (χ3v) is 5.65. The van der Waals surface area contributed by atoms with E-state index in [4.69, 9.17) is 0 Å². The molecule has 3 N–H and O–H groups in total. The van der Waals surface area contributed by atoms with Gasteiger partial charge in [-0.3, -0.25) is 14.6 Å². The maximum absolute atomic E-state index is 14.7. The van der Waals surface area contributed by atoms with Crippen LogP contribution in [0.3, 0.4) is 0 Å². The first-order chi connectivity index (χ1) is 14.8. The van der Waals surface area contributed by atoms with Gasteiger partial charge in [0.25, 0.3) is 0 Å². The maximum Gasteiger partial charge on any atom is 0.352 e. The number of pyridine rings is 1. The predicted molar refractivity (Wildman–Crippen MR) is 108 cm³/mol. The van der Waals surface area contributed by atoms with Crippen molar-refractivity contribution in [1.29, 1.82) is 0 Å². The average molecular weight is 425 g/mol. The number of hydrogen-bond donors (Lipinski definition) is 3. The summed E-state index contributed by atoms with van der Waals surface area (Å²) in [5.41, 5.74) is 1.18. The third kappa shape index (κ3) is 3.68. The molecule has 1 aromatic heterocycles. The third-order valence-electron chi connectivity index (χ3n) is 5.65. The smallest absolute Gasteiger partial charge is 0.352 e.